The molecule has 0 spiro atoms. The minimum atomic E-state index is -4.42. The Bertz CT molecular complexity index is 681. The van der Waals surface area contributed by atoms with Crippen LogP contribution in [-0.2, 0) is 23.1 Å². The van der Waals surface area contributed by atoms with E-state index in [1.54, 1.807) is 19.1 Å². The van der Waals surface area contributed by atoms with Gasteiger partial charge in [0.05, 0.1) is 25.2 Å². The molecule has 1 unspecified atom stereocenters. The van der Waals surface area contributed by atoms with E-state index in [0.29, 0.717) is 6.42 Å². The lowest BCUT2D eigenvalue weighted by atomic mass is 9.85. The lowest BCUT2D eigenvalue weighted by Gasteiger charge is -2.32. The Hall–Kier alpha value is -1.67. The van der Waals surface area contributed by atoms with Crippen LogP contribution in [0.3, 0.4) is 0 Å². The lowest BCUT2D eigenvalue weighted by molar-refractivity contribution is -0.149. The highest BCUT2D eigenvalue weighted by Gasteiger charge is 2.34. The van der Waals surface area contributed by atoms with Crippen LogP contribution in [0.25, 0.3) is 0 Å². The normalized spacial score (nSPS) is 25.5. The molecule has 0 radical (unpaired) electrons. The third-order valence-electron chi connectivity index (χ3n) is 4.77. The molecule has 156 valence electrons. The van der Waals surface area contributed by atoms with Crippen molar-refractivity contribution < 1.29 is 33.1 Å². The molecule has 0 fully saturated rings. The fraction of sp³-hybridized carbons (Fsp3) is 0.684. The fourth-order valence-electron chi connectivity index (χ4n) is 3.02. The Morgan fingerprint density at radius 1 is 1.43 bits per heavy atom. The zero-order valence-corrected chi connectivity index (χ0v) is 17.2. The van der Waals surface area contributed by atoms with Gasteiger partial charge in [-0.2, -0.15) is 5.26 Å². The molecule has 0 saturated heterocycles. The third kappa shape index (κ3) is 7.75. The maximum atomic E-state index is 12.1. The van der Waals surface area contributed by atoms with Gasteiger partial charge in [-0.25, -0.2) is 9.36 Å². The number of cyclic esters (lactones) is 1. The molecule has 28 heavy (non-hydrogen) atoms. The van der Waals surface area contributed by atoms with Crippen LogP contribution in [0.5, 0.6) is 0 Å². The van der Waals surface area contributed by atoms with Gasteiger partial charge < -0.3 is 14.7 Å². The molecule has 0 amide bonds. The molecule has 2 N–H and O–H groups in total. The van der Waals surface area contributed by atoms with Gasteiger partial charge in [-0.1, -0.05) is 32.8 Å². The number of hydrogen-bond donors (Lipinski definition) is 2. The van der Waals surface area contributed by atoms with Gasteiger partial charge in [-0.3, -0.25) is 9.05 Å². The van der Waals surface area contributed by atoms with Gasteiger partial charge in [0.25, 0.3) is 0 Å². The molecule has 9 heteroatoms. The first kappa shape index (κ1) is 24.4. The fourth-order valence-corrected chi connectivity index (χ4v) is 4.04. The highest BCUT2D eigenvalue weighted by Crippen LogP contribution is 2.47. The third-order valence-corrected chi connectivity index (χ3v) is 5.81. The van der Waals surface area contributed by atoms with Gasteiger partial charge in [-0.15, -0.1) is 6.42 Å². The van der Waals surface area contributed by atoms with Crippen molar-refractivity contribution in [1.29, 1.82) is 5.26 Å². The SMILES string of the molecule is C#C[C@H](O)[C@H](C)[C@H](CC[C@H](C)[C@@H]1OC(=O)C=C[C@@H]1C)OP(=O)(O)OCCC#N. The quantitative estimate of drug-likeness (QED) is 0.229. The first-order valence-corrected chi connectivity index (χ1v) is 10.7. The Balaban J connectivity index is 2.79. The Kier molecular flexibility index (Phi) is 9.89. The van der Waals surface area contributed by atoms with Crippen LogP contribution in [0.1, 0.15) is 40.0 Å². The number of esters is 1. The first-order valence-electron chi connectivity index (χ1n) is 9.17. The maximum Gasteiger partial charge on any atom is 0.472 e. The average molecular weight is 413 g/mol. The van der Waals surface area contributed by atoms with Crippen LogP contribution in [0.15, 0.2) is 12.2 Å². The van der Waals surface area contributed by atoms with Gasteiger partial charge in [0, 0.05) is 17.9 Å². The summed E-state index contributed by atoms with van der Waals surface area (Å²) in [4.78, 5) is 21.4. The number of phosphoric ester groups is 1. The van der Waals surface area contributed by atoms with Crippen LogP contribution < -0.4 is 0 Å². The van der Waals surface area contributed by atoms with Crippen LogP contribution in [-0.4, -0.2) is 40.9 Å². The van der Waals surface area contributed by atoms with E-state index in [9.17, 15) is 19.4 Å². The van der Waals surface area contributed by atoms with Crippen molar-refractivity contribution in [2.75, 3.05) is 6.61 Å². The van der Waals surface area contributed by atoms with Crippen LogP contribution in [0.4, 0.5) is 0 Å². The van der Waals surface area contributed by atoms with E-state index in [-0.39, 0.29) is 37.4 Å². The number of terminal acetylenes is 1. The first-order chi connectivity index (χ1) is 13.1. The zero-order chi connectivity index (χ0) is 21.3. The molecule has 1 aliphatic heterocycles. The molecule has 1 heterocycles. The lowest BCUT2D eigenvalue weighted by Crippen LogP contribution is -2.35. The smallest absolute Gasteiger partial charge is 0.458 e. The topological polar surface area (TPSA) is 126 Å². The minimum absolute atomic E-state index is 0.0408. The molecule has 7 atom stereocenters. The number of rotatable bonds is 11. The summed E-state index contributed by atoms with van der Waals surface area (Å²) in [5.41, 5.74) is 0. The van der Waals surface area contributed by atoms with Crippen LogP contribution in [0, 0.1) is 41.4 Å². The number of aliphatic hydroxyl groups excluding tert-OH is 1. The van der Waals surface area contributed by atoms with Gasteiger partial charge >= 0.3 is 13.8 Å². The number of carbonyl (C=O) groups excluding carboxylic acids is 1. The number of aliphatic hydroxyl groups is 1. The average Bonchev–Trinajstić information content (AvgIpc) is 2.65. The van der Waals surface area contributed by atoms with E-state index in [1.807, 2.05) is 13.8 Å². The van der Waals surface area contributed by atoms with Crippen LogP contribution in [0.2, 0.25) is 0 Å². The highest BCUT2D eigenvalue weighted by molar-refractivity contribution is 7.47. The molecule has 0 saturated carbocycles. The Labute approximate surface area is 166 Å². The number of phosphoric acid groups is 1. The van der Waals surface area contributed by atoms with E-state index >= 15 is 0 Å². The second-order valence-corrected chi connectivity index (χ2v) is 8.40. The molecule has 0 aromatic heterocycles. The van der Waals surface area contributed by atoms with E-state index in [1.165, 1.54) is 6.08 Å². The molecule has 8 nitrogen and oxygen atoms in total. The summed E-state index contributed by atoms with van der Waals surface area (Å²) in [6, 6.07) is 1.80. The predicted octanol–water partition coefficient (Wildman–Crippen LogP) is 2.57. The number of carbonyl (C=O) groups is 1. The summed E-state index contributed by atoms with van der Waals surface area (Å²) in [7, 11) is -4.42. The second-order valence-electron chi connectivity index (χ2n) is 7.00. The number of nitrogens with zero attached hydrogens (tertiary/aromatic N) is 1. The van der Waals surface area contributed by atoms with Crippen LogP contribution >= 0.6 is 7.82 Å². The molecule has 0 aliphatic carbocycles. The summed E-state index contributed by atoms with van der Waals surface area (Å²) < 4.78 is 27.6. The molecule has 1 rings (SSSR count). The van der Waals surface area contributed by atoms with Crippen molar-refractivity contribution in [1.82, 2.24) is 0 Å². The number of hydrogen-bond acceptors (Lipinski definition) is 7. The van der Waals surface area contributed by atoms with E-state index in [0.717, 1.165) is 0 Å². The van der Waals surface area contributed by atoms with Crippen molar-refractivity contribution in [3.63, 3.8) is 0 Å². The molecule has 0 bridgehead atoms. The molecule has 0 aromatic carbocycles. The summed E-state index contributed by atoms with van der Waals surface area (Å²) in [5.74, 6) is 1.14. The van der Waals surface area contributed by atoms with E-state index in [4.69, 9.17) is 25.5 Å². The van der Waals surface area contributed by atoms with E-state index in [2.05, 4.69) is 5.92 Å². The van der Waals surface area contributed by atoms with Crippen molar-refractivity contribution in [3.05, 3.63) is 12.2 Å². The highest BCUT2D eigenvalue weighted by atomic mass is 31.2. The zero-order valence-electron chi connectivity index (χ0n) is 16.4. The van der Waals surface area contributed by atoms with Crippen molar-refractivity contribution >= 4 is 13.8 Å². The second kappa shape index (κ2) is 11.4. The summed E-state index contributed by atoms with van der Waals surface area (Å²) in [5, 5.41) is 18.5. The van der Waals surface area contributed by atoms with E-state index < -0.39 is 31.9 Å². The van der Waals surface area contributed by atoms with Crippen molar-refractivity contribution in [3.8, 4) is 18.4 Å². The van der Waals surface area contributed by atoms with Gasteiger partial charge in [-0.05, 0) is 18.8 Å². The van der Waals surface area contributed by atoms with Crippen molar-refractivity contribution in [2.24, 2.45) is 17.8 Å². The molecular formula is C19H28NO7P. The van der Waals surface area contributed by atoms with Crippen molar-refractivity contribution in [2.45, 2.75) is 58.3 Å². The summed E-state index contributed by atoms with van der Waals surface area (Å²) in [6.45, 7) is 5.21. The standard InChI is InChI=1S/C19H28NO7P/c1-5-16(21)15(4)17(27-28(23,24)25-12-6-11-20)9-7-13(2)19-14(3)8-10-18(22)26-19/h1,8,10,13-17,19,21H,6-7,9,12H2,2-4H3,(H,23,24)/t13-,14-,15-,16-,17-,19-/m0/s1. The van der Waals surface area contributed by atoms with Gasteiger partial charge in [0.2, 0.25) is 0 Å². The largest absolute Gasteiger partial charge is 0.472 e. The number of nitriles is 1. The summed E-state index contributed by atoms with van der Waals surface area (Å²) >= 11 is 0. The molecule has 1 aliphatic rings. The molecular weight excluding hydrogens is 385 g/mol. The maximum absolute atomic E-state index is 12.1. The Morgan fingerprint density at radius 3 is 2.71 bits per heavy atom. The Morgan fingerprint density at radius 2 is 2.11 bits per heavy atom. The summed E-state index contributed by atoms with van der Waals surface area (Å²) in [6.07, 6.45) is 6.82. The van der Waals surface area contributed by atoms with Gasteiger partial charge in [0.15, 0.2) is 0 Å². The minimum Gasteiger partial charge on any atom is -0.458 e. The number of ether oxygens (including phenoxy) is 1. The van der Waals surface area contributed by atoms with Gasteiger partial charge in [0.1, 0.15) is 12.2 Å². The predicted molar refractivity (Wildman–Crippen MR) is 101 cm³/mol. The molecule has 0 aromatic rings. The monoisotopic (exact) mass is 413 g/mol.